The van der Waals surface area contributed by atoms with E-state index in [4.69, 9.17) is 0 Å². The van der Waals surface area contributed by atoms with Gasteiger partial charge in [-0.05, 0) is 19.8 Å². The Balaban J connectivity index is 2.24. The van der Waals surface area contributed by atoms with Gasteiger partial charge in [-0.25, -0.2) is 9.97 Å². The lowest BCUT2D eigenvalue weighted by atomic mass is 10.1. The number of hydrogen-bond acceptors (Lipinski definition) is 5. The van der Waals surface area contributed by atoms with Crippen LogP contribution in [0.4, 0.5) is 11.6 Å². The third-order valence-electron chi connectivity index (χ3n) is 3.46. The third kappa shape index (κ3) is 2.56. The maximum absolute atomic E-state index is 9.22. The summed E-state index contributed by atoms with van der Waals surface area (Å²) in [5, 5.41) is 12.5. The summed E-state index contributed by atoms with van der Waals surface area (Å²) in [5.41, 5.74) is 1.18. The Bertz CT molecular complexity index is 397. The second kappa shape index (κ2) is 6.00. The highest BCUT2D eigenvalue weighted by Gasteiger charge is 2.25. The molecule has 0 radical (unpaired) electrons. The molecule has 1 aliphatic heterocycles. The quantitative estimate of drug-likeness (QED) is 0.824. The molecule has 0 spiro atoms. The molecule has 1 aromatic rings. The summed E-state index contributed by atoms with van der Waals surface area (Å²) >= 11 is 0. The van der Waals surface area contributed by atoms with Gasteiger partial charge in [-0.1, -0.05) is 6.92 Å². The Morgan fingerprint density at radius 1 is 1.44 bits per heavy atom. The minimum absolute atomic E-state index is 0.267. The Hall–Kier alpha value is -1.36. The van der Waals surface area contributed by atoms with Crippen molar-refractivity contribution in [1.82, 2.24) is 9.97 Å². The predicted octanol–water partition coefficient (Wildman–Crippen LogP) is 1.29. The number of rotatable bonds is 5. The first-order chi connectivity index (χ1) is 8.80. The van der Waals surface area contributed by atoms with Crippen LogP contribution in [0.15, 0.2) is 6.33 Å². The van der Waals surface area contributed by atoms with Gasteiger partial charge in [-0.3, -0.25) is 0 Å². The molecule has 18 heavy (non-hydrogen) atoms. The van der Waals surface area contributed by atoms with Crippen molar-refractivity contribution in [3.63, 3.8) is 0 Å². The van der Waals surface area contributed by atoms with Gasteiger partial charge in [-0.2, -0.15) is 0 Å². The molecule has 0 bridgehead atoms. The fraction of sp³-hybridized carbons (Fsp3) is 0.692. The first-order valence-corrected chi connectivity index (χ1v) is 6.73. The molecule has 1 unspecified atom stereocenters. The molecule has 0 saturated carbocycles. The van der Waals surface area contributed by atoms with Gasteiger partial charge in [0.1, 0.15) is 18.0 Å². The van der Waals surface area contributed by atoms with Crippen molar-refractivity contribution in [3.8, 4) is 0 Å². The Kier molecular flexibility index (Phi) is 4.36. The number of aromatic nitrogens is 2. The van der Waals surface area contributed by atoms with Gasteiger partial charge in [0.15, 0.2) is 0 Å². The summed E-state index contributed by atoms with van der Waals surface area (Å²) < 4.78 is 0. The summed E-state index contributed by atoms with van der Waals surface area (Å²) in [6, 6.07) is 0. The van der Waals surface area contributed by atoms with Crippen molar-refractivity contribution in [2.75, 3.05) is 36.5 Å². The van der Waals surface area contributed by atoms with Crippen molar-refractivity contribution in [2.45, 2.75) is 26.7 Å². The van der Waals surface area contributed by atoms with Gasteiger partial charge in [-0.15, -0.1) is 0 Å². The van der Waals surface area contributed by atoms with Crippen LogP contribution in [0, 0.1) is 5.92 Å². The van der Waals surface area contributed by atoms with E-state index >= 15 is 0 Å². The highest BCUT2D eigenvalue weighted by atomic mass is 16.3. The van der Waals surface area contributed by atoms with Crippen molar-refractivity contribution in [1.29, 1.82) is 0 Å². The maximum atomic E-state index is 9.22. The molecule has 2 heterocycles. The number of anilines is 2. The zero-order chi connectivity index (χ0) is 13.0. The van der Waals surface area contributed by atoms with E-state index in [1.165, 1.54) is 5.56 Å². The van der Waals surface area contributed by atoms with E-state index in [1.54, 1.807) is 6.33 Å². The lowest BCUT2D eigenvalue weighted by molar-refractivity contribution is 0.238. The van der Waals surface area contributed by atoms with E-state index in [-0.39, 0.29) is 6.61 Å². The maximum Gasteiger partial charge on any atom is 0.137 e. The van der Waals surface area contributed by atoms with E-state index in [2.05, 4.69) is 34.0 Å². The lowest BCUT2D eigenvalue weighted by Gasteiger charge is -2.21. The van der Waals surface area contributed by atoms with Crippen LogP contribution in [0.3, 0.4) is 0 Å². The summed E-state index contributed by atoms with van der Waals surface area (Å²) in [4.78, 5) is 11.0. The van der Waals surface area contributed by atoms with E-state index in [1.807, 2.05) is 0 Å². The van der Waals surface area contributed by atoms with E-state index in [0.29, 0.717) is 5.92 Å². The second-order valence-corrected chi connectivity index (χ2v) is 4.69. The first kappa shape index (κ1) is 13.1. The van der Waals surface area contributed by atoms with Gasteiger partial charge in [0.2, 0.25) is 0 Å². The van der Waals surface area contributed by atoms with Crippen LogP contribution in [0.1, 0.15) is 25.8 Å². The average Bonchev–Trinajstić information content (AvgIpc) is 2.87. The molecule has 2 rings (SSSR count). The first-order valence-electron chi connectivity index (χ1n) is 6.73. The molecule has 5 nitrogen and oxygen atoms in total. The smallest absolute Gasteiger partial charge is 0.137 e. The molecule has 0 aromatic carbocycles. The molecule has 1 saturated heterocycles. The molecule has 1 aliphatic rings. The number of nitrogens with one attached hydrogen (secondary N) is 1. The second-order valence-electron chi connectivity index (χ2n) is 4.69. The topological polar surface area (TPSA) is 61.3 Å². The van der Waals surface area contributed by atoms with Crippen molar-refractivity contribution >= 4 is 11.6 Å². The summed E-state index contributed by atoms with van der Waals surface area (Å²) in [6.07, 6.45) is 3.58. The highest BCUT2D eigenvalue weighted by Crippen LogP contribution is 2.28. The van der Waals surface area contributed by atoms with Crippen molar-refractivity contribution in [3.05, 3.63) is 11.9 Å². The van der Waals surface area contributed by atoms with Crippen LogP contribution >= 0.6 is 0 Å². The summed E-state index contributed by atoms with van der Waals surface area (Å²) in [7, 11) is 0. The third-order valence-corrected chi connectivity index (χ3v) is 3.46. The van der Waals surface area contributed by atoms with Gasteiger partial charge in [0.05, 0.1) is 0 Å². The van der Waals surface area contributed by atoms with Crippen LogP contribution in [0.25, 0.3) is 0 Å². The number of aliphatic hydroxyl groups excluding tert-OH is 1. The van der Waals surface area contributed by atoms with Crippen LogP contribution < -0.4 is 10.2 Å². The standard InChI is InChI=1S/C13H22N4O/c1-3-11-12(14-4-2)15-9-16-13(11)17-6-5-10(7-17)8-18/h9-10,18H,3-8H2,1-2H3,(H,14,15,16). The Morgan fingerprint density at radius 3 is 2.89 bits per heavy atom. The fourth-order valence-electron chi connectivity index (χ4n) is 2.49. The minimum Gasteiger partial charge on any atom is -0.396 e. The van der Waals surface area contributed by atoms with Gasteiger partial charge in [0.25, 0.3) is 0 Å². The summed E-state index contributed by atoms with van der Waals surface area (Å²) in [6.45, 7) is 7.19. The SMILES string of the molecule is CCNc1ncnc(N2CCC(CO)C2)c1CC. The molecule has 0 aliphatic carbocycles. The van der Waals surface area contributed by atoms with Gasteiger partial charge >= 0.3 is 0 Å². The average molecular weight is 250 g/mol. The number of hydrogen-bond donors (Lipinski definition) is 2. The highest BCUT2D eigenvalue weighted by molar-refractivity contribution is 5.59. The van der Waals surface area contributed by atoms with Crippen LogP contribution in [0.2, 0.25) is 0 Å². The molecule has 1 atom stereocenters. The van der Waals surface area contributed by atoms with Crippen molar-refractivity contribution < 1.29 is 5.11 Å². The van der Waals surface area contributed by atoms with Crippen LogP contribution in [-0.4, -0.2) is 41.3 Å². The Morgan fingerprint density at radius 2 is 2.28 bits per heavy atom. The largest absolute Gasteiger partial charge is 0.396 e. The van der Waals surface area contributed by atoms with Gasteiger partial charge < -0.3 is 15.3 Å². The monoisotopic (exact) mass is 250 g/mol. The molecule has 1 fully saturated rings. The predicted molar refractivity (Wildman–Crippen MR) is 73.0 cm³/mol. The molecular formula is C13H22N4O. The zero-order valence-electron chi connectivity index (χ0n) is 11.2. The fourth-order valence-corrected chi connectivity index (χ4v) is 2.49. The van der Waals surface area contributed by atoms with E-state index in [9.17, 15) is 5.11 Å². The van der Waals surface area contributed by atoms with Crippen LogP contribution in [0.5, 0.6) is 0 Å². The summed E-state index contributed by atoms with van der Waals surface area (Å²) in [5.74, 6) is 2.35. The van der Waals surface area contributed by atoms with E-state index in [0.717, 1.165) is 44.1 Å². The molecular weight excluding hydrogens is 228 g/mol. The normalized spacial score (nSPS) is 19.3. The molecule has 100 valence electrons. The molecule has 0 amide bonds. The lowest BCUT2D eigenvalue weighted by Crippen LogP contribution is -2.24. The molecule has 5 heteroatoms. The molecule has 1 aromatic heterocycles. The number of aliphatic hydroxyl groups is 1. The van der Waals surface area contributed by atoms with Gasteiger partial charge in [0, 0.05) is 37.7 Å². The molecule has 2 N–H and O–H groups in total. The minimum atomic E-state index is 0.267. The van der Waals surface area contributed by atoms with Crippen LogP contribution in [-0.2, 0) is 6.42 Å². The van der Waals surface area contributed by atoms with Crippen molar-refractivity contribution in [2.24, 2.45) is 5.92 Å². The van der Waals surface area contributed by atoms with E-state index < -0.39 is 0 Å². The zero-order valence-corrected chi connectivity index (χ0v) is 11.2. The number of nitrogens with zero attached hydrogens (tertiary/aromatic N) is 3. The Labute approximate surface area is 108 Å².